The fraction of sp³-hybridized carbons (Fsp3) is 0.429. The molecule has 96 valence electrons. The highest BCUT2D eigenvalue weighted by molar-refractivity contribution is 6.03. The molecule has 1 atom stereocenters. The van der Waals surface area contributed by atoms with Crippen LogP contribution in [0, 0.1) is 11.2 Å². The monoisotopic (exact) mass is 250 g/mol. The minimum Gasteiger partial charge on any atom is -0.480 e. The van der Waals surface area contributed by atoms with Gasteiger partial charge in [-0.25, -0.2) is 4.39 Å². The Kier molecular flexibility index (Phi) is 3.45. The van der Waals surface area contributed by atoms with Gasteiger partial charge in [-0.15, -0.1) is 0 Å². The molecule has 3 nitrogen and oxygen atoms in total. The van der Waals surface area contributed by atoms with Crippen molar-refractivity contribution in [1.82, 2.24) is 0 Å². The number of carbonyl (C=O) groups excluding carboxylic acids is 1. The fourth-order valence-corrected chi connectivity index (χ4v) is 2.58. The molecule has 0 aromatic heterocycles. The molecular formula is C14H15FO3. The highest BCUT2D eigenvalue weighted by Gasteiger charge is 2.46. The molecule has 4 heteroatoms. The van der Waals surface area contributed by atoms with E-state index in [0.717, 1.165) is 12.8 Å². The number of benzene rings is 1. The average Bonchev–Trinajstić information content (AvgIpc) is 2.32. The molecule has 0 bridgehead atoms. The van der Waals surface area contributed by atoms with Crippen molar-refractivity contribution in [3.63, 3.8) is 0 Å². The summed E-state index contributed by atoms with van der Waals surface area (Å²) in [5.41, 5.74) is -0.792. The molecule has 1 aliphatic rings. The van der Waals surface area contributed by atoms with Crippen molar-refractivity contribution in [2.45, 2.75) is 32.1 Å². The third kappa shape index (κ3) is 2.28. The van der Waals surface area contributed by atoms with Crippen LogP contribution in [0.15, 0.2) is 24.3 Å². The number of hydrogen-bond acceptors (Lipinski definition) is 2. The molecule has 0 amide bonds. The molecule has 0 aliphatic heterocycles. The average molecular weight is 250 g/mol. The standard InChI is InChI=1S/C14H15FO3/c15-11-5-3-4-10(8-11)9-14(13(17)18)7-2-1-6-12(14)16/h3-5,8H,1-2,6-7,9H2,(H,17,18). The van der Waals surface area contributed by atoms with Gasteiger partial charge < -0.3 is 5.11 Å². The Morgan fingerprint density at radius 2 is 2.17 bits per heavy atom. The normalized spacial score (nSPS) is 23.9. The minimum atomic E-state index is -1.36. The van der Waals surface area contributed by atoms with Crippen molar-refractivity contribution in [1.29, 1.82) is 0 Å². The van der Waals surface area contributed by atoms with Gasteiger partial charge in [0.25, 0.3) is 0 Å². The van der Waals surface area contributed by atoms with E-state index in [1.807, 2.05) is 0 Å². The van der Waals surface area contributed by atoms with Crippen molar-refractivity contribution < 1.29 is 19.1 Å². The maximum atomic E-state index is 13.1. The van der Waals surface area contributed by atoms with Gasteiger partial charge in [-0.05, 0) is 37.0 Å². The minimum absolute atomic E-state index is 0.0823. The predicted octanol–water partition coefficient (Wildman–Crippen LogP) is 2.58. The summed E-state index contributed by atoms with van der Waals surface area (Å²) in [5.74, 6) is -1.72. The number of hydrogen-bond donors (Lipinski definition) is 1. The lowest BCUT2D eigenvalue weighted by Crippen LogP contribution is -2.43. The van der Waals surface area contributed by atoms with E-state index in [1.165, 1.54) is 18.2 Å². The highest BCUT2D eigenvalue weighted by atomic mass is 19.1. The summed E-state index contributed by atoms with van der Waals surface area (Å²) in [4.78, 5) is 23.4. The summed E-state index contributed by atoms with van der Waals surface area (Å²) in [6, 6.07) is 5.80. The van der Waals surface area contributed by atoms with Gasteiger partial charge >= 0.3 is 5.97 Å². The number of rotatable bonds is 3. The van der Waals surface area contributed by atoms with Gasteiger partial charge in [0.05, 0.1) is 0 Å². The number of Topliss-reactive ketones (excluding diaryl/α,β-unsaturated/α-hetero) is 1. The SMILES string of the molecule is O=C(O)C1(Cc2cccc(F)c2)CCCCC1=O. The van der Waals surface area contributed by atoms with Crippen LogP contribution >= 0.6 is 0 Å². The van der Waals surface area contributed by atoms with Crippen molar-refractivity contribution in [2.75, 3.05) is 0 Å². The lowest BCUT2D eigenvalue weighted by Gasteiger charge is -2.31. The molecule has 1 unspecified atom stereocenters. The number of carbonyl (C=O) groups is 2. The molecule has 0 spiro atoms. The maximum Gasteiger partial charge on any atom is 0.317 e. The Hall–Kier alpha value is -1.71. The molecule has 2 rings (SSSR count). The molecule has 1 saturated carbocycles. The molecule has 0 heterocycles. The first-order valence-corrected chi connectivity index (χ1v) is 6.06. The van der Waals surface area contributed by atoms with E-state index in [-0.39, 0.29) is 12.2 Å². The predicted molar refractivity (Wildman–Crippen MR) is 63.6 cm³/mol. The number of aliphatic carboxylic acids is 1. The number of ketones is 1. The van der Waals surface area contributed by atoms with Crippen LogP contribution in [0.5, 0.6) is 0 Å². The fourth-order valence-electron chi connectivity index (χ4n) is 2.58. The van der Waals surface area contributed by atoms with Crippen LogP contribution in [0.1, 0.15) is 31.2 Å². The second kappa shape index (κ2) is 4.88. The zero-order valence-electron chi connectivity index (χ0n) is 9.99. The van der Waals surface area contributed by atoms with E-state index < -0.39 is 17.2 Å². The molecule has 0 radical (unpaired) electrons. The van der Waals surface area contributed by atoms with Gasteiger partial charge in [0.2, 0.25) is 0 Å². The Labute approximate surface area is 105 Å². The van der Waals surface area contributed by atoms with E-state index in [2.05, 4.69) is 0 Å². The lowest BCUT2D eigenvalue weighted by atomic mass is 9.69. The molecule has 0 saturated heterocycles. The molecule has 18 heavy (non-hydrogen) atoms. The Morgan fingerprint density at radius 1 is 1.39 bits per heavy atom. The van der Waals surface area contributed by atoms with E-state index in [4.69, 9.17) is 0 Å². The third-order valence-electron chi connectivity index (χ3n) is 3.60. The second-order valence-electron chi connectivity index (χ2n) is 4.82. The van der Waals surface area contributed by atoms with Crippen molar-refractivity contribution in [2.24, 2.45) is 5.41 Å². The lowest BCUT2D eigenvalue weighted by molar-refractivity contribution is -0.157. The van der Waals surface area contributed by atoms with Crippen LogP contribution in [0.25, 0.3) is 0 Å². The number of carboxylic acid groups (broad SMARTS) is 1. The summed E-state index contributed by atoms with van der Waals surface area (Å²) < 4.78 is 13.1. The van der Waals surface area contributed by atoms with Crippen LogP contribution in [-0.2, 0) is 16.0 Å². The first-order valence-electron chi connectivity index (χ1n) is 6.06. The first kappa shape index (κ1) is 12.7. The van der Waals surface area contributed by atoms with Crippen LogP contribution < -0.4 is 0 Å². The zero-order chi connectivity index (χ0) is 13.2. The van der Waals surface area contributed by atoms with Crippen molar-refractivity contribution >= 4 is 11.8 Å². The Balaban J connectivity index is 2.31. The highest BCUT2D eigenvalue weighted by Crippen LogP contribution is 2.37. The molecule has 1 fully saturated rings. The number of halogens is 1. The second-order valence-corrected chi connectivity index (χ2v) is 4.82. The van der Waals surface area contributed by atoms with E-state index in [0.29, 0.717) is 18.4 Å². The van der Waals surface area contributed by atoms with Crippen molar-refractivity contribution in [3.05, 3.63) is 35.6 Å². The topological polar surface area (TPSA) is 54.4 Å². The summed E-state index contributed by atoms with van der Waals surface area (Å²) in [6.07, 6.45) is 2.21. The van der Waals surface area contributed by atoms with Gasteiger partial charge in [-0.1, -0.05) is 18.6 Å². The smallest absolute Gasteiger partial charge is 0.317 e. The number of carboxylic acids is 1. The summed E-state index contributed by atoms with van der Waals surface area (Å²) >= 11 is 0. The van der Waals surface area contributed by atoms with E-state index in [9.17, 15) is 19.1 Å². The zero-order valence-corrected chi connectivity index (χ0v) is 9.99. The van der Waals surface area contributed by atoms with Gasteiger partial charge in [0.15, 0.2) is 5.78 Å². The van der Waals surface area contributed by atoms with Gasteiger partial charge in [0, 0.05) is 6.42 Å². The Morgan fingerprint density at radius 3 is 2.78 bits per heavy atom. The summed E-state index contributed by atoms with van der Waals surface area (Å²) in [6.45, 7) is 0. The van der Waals surface area contributed by atoms with E-state index >= 15 is 0 Å². The molecule has 1 aromatic carbocycles. The Bertz CT molecular complexity index is 484. The van der Waals surface area contributed by atoms with Gasteiger partial charge in [-0.2, -0.15) is 0 Å². The molecule has 1 N–H and O–H groups in total. The van der Waals surface area contributed by atoms with Gasteiger partial charge in [0.1, 0.15) is 11.2 Å². The third-order valence-corrected chi connectivity index (χ3v) is 3.60. The summed E-state index contributed by atoms with van der Waals surface area (Å²) in [7, 11) is 0. The molecular weight excluding hydrogens is 235 g/mol. The first-order chi connectivity index (χ1) is 8.54. The van der Waals surface area contributed by atoms with Gasteiger partial charge in [-0.3, -0.25) is 9.59 Å². The van der Waals surface area contributed by atoms with Crippen LogP contribution in [-0.4, -0.2) is 16.9 Å². The summed E-state index contributed by atoms with van der Waals surface area (Å²) in [5, 5.41) is 9.38. The van der Waals surface area contributed by atoms with Crippen LogP contribution in [0.4, 0.5) is 4.39 Å². The largest absolute Gasteiger partial charge is 0.480 e. The van der Waals surface area contributed by atoms with Crippen LogP contribution in [0.3, 0.4) is 0 Å². The molecule has 1 aliphatic carbocycles. The van der Waals surface area contributed by atoms with Crippen LogP contribution in [0.2, 0.25) is 0 Å². The molecule has 1 aromatic rings. The quantitative estimate of drug-likeness (QED) is 0.839. The van der Waals surface area contributed by atoms with E-state index in [1.54, 1.807) is 6.07 Å². The van der Waals surface area contributed by atoms with Crippen molar-refractivity contribution in [3.8, 4) is 0 Å². The maximum absolute atomic E-state index is 13.1.